The van der Waals surface area contributed by atoms with E-state index in [1.54, 1.807) is 0 Å². The highest BCUT2D eigenvalue weighted by atomic mass is 35.5. The molecule has 1 unspecified atom stereocenters. The number of hydrogen-bond donors (Lipinski definition) is 0. The van der Waals surface area contributed by atoms with E-state index in [9.17, 15) is 4.79 Å². The zero-order valence-corrected chi connectivity index (χ0v) is 8.78. The van der Waals surface area contributed by atoms with Crippen molar-refractivity contribution in [2.75, 3.05) is 0 Å². The van der Waals surface area contributed by atoms with Gasteiger partial charge in [-0.25, -0.2) is 14.8 Å². The largest absolute Gasteiger partial charge is 0.458 e. The molecule has 76 valence electrons. The molecule has 0 radical (unpaired) electrons. The van der Waals surface area contributed by atoms with Crippen molar-refractivity contribution in [3.8, 4) is 0 Å². The molecule has 1 aromatic heterocycles. The molecular weight excluding hydrogens is 204 g/mol. The summed E-state index contributed by atoms with van der Waals surface area (Å²) in [5.74, 6) is -0.469. The lowest BCUT2D eigenvalue weighted by Crippen LogP contribution is -2.15. The SMILES string of the molecule is CCC(C)OC(=O)c1cnc(Cl)cn1. The van der Waals surface area contributed by atoms with Crippen LogP contribution < -0.4 is 0 Å². The first-order chi connectivity index (χ1) is 6.63. The number of hydrogen-bond acceptors (Lipinski definition) is 4. The van der Waals surface area contributed by atoms with E-state index in [1.807, 2.05) is 13.8 Å². The maximum absolute atomic E-state index is 11.4. The number of carbonyl (C=O) groups is 1. The molecule has 0 saturated heterocycles. The number of aromatic nitrogens is 2. The number of rotatable bonds is 3. The highest BCUT2D eigenvalue weighted by Crippen LogP contribution is 2.05. The molecule has 0 saturated carbocycles. The zero-order chi connectivity index (χ0) is 10.6. The molecule has 5 heteroatoms. The summed E-state index contributed by atoms with van der Waals surface area (Å²) < 4.78 is 5.04. The molecule has 0 bridgehead atoms. The summed E-state index contributed by atoms with van der Waals surface area (Å²) >= 11 is 5.52. The van der Waals surface area contributed by atoms with Crippen LogP contribution in [-0.2, 0) is 4.74 Å². The predicted octanol–water partition coefficient (Wildman–Crippen LogP) is 2.09. The van der Waals surface area contributed by atoms with Crippen LogP contribution in [0.5, 0.6) is 0 Å². The third-order valence-corrected chi connectivity index (χ3v) is 1.91. The first-order valence-electron chi connectivity index (χ1n) is 4.32. The Kier molecular flexibility index (Phi) is 3.83. The lowest BCUT2D eigenvalue weighted by molar-refractivity contribution is 0.0327. The van der Waals surface area contributed by atoms with Crippen LogP contribution in [0.3, 0.4) is 0 Å². The van der Waals surface area contributed by atoms with Crippen LogP contribution in [0.2, 0.25) is 5.15 Å². The highest BCUT2D eigenvalue weighted by Gasteiger charge is 2.12. The molecule has 0 aliphatic carbocycles. The van der Waals surface area contributed by atoms with Crippen LogP contribution in [0.4, 0.5) is 0 Å². The molecule has 1 aromatic rings. The molecule has 1 atom stereocenters. The monoisotopic (exact) mass is 214 g/mol. The molecule has 1 rings (SSSR count). The third kappa shape index (κ3) is 2.96. The summed E-state index contributed by atoms with van der Waals surface area (Å²) in [6.45, 7) is 3.76. The van der Waals surface area contributed by atoms with Gasteiger partial charge in [-0.1, -0.05) is 18.5 Å². The average Bonchev–Trinajstić information content (AvgIpc) is 2.18. The second kappa shape index (κ2) is 4.91. The van der Waals surface area contributed by atoms with Gasteiger partial charge in [0.25, 0.3) is 0 Å². The molecule has 0 aliphatic rings. The number of carbonyl (C=O) groups excluding carboxylic acids is 1. The van der Waals surface area contributed by atoms with Crippen molar-refractivity contribution < 1.29 is 9.53 Å². The smallest absolute Gasteiger partial charge is 0.358 e. The van der Waals surface area contributed by atoms with E-state index in [2.05, 4.69) is 9.97 Å². The van der Waals surface area contributed by atoms with Crippen molar-refractivity contribution in [2.24, 2.45) is 0 Å². The Hall–Kier alpha value is -1.16. The van der Waals surface area contributed by atoms with Gasteiger partial charge < -0.3 is 4.74 Å². The number of halogens is 1. The normalized spacial score (nSPS) is 12.2. The molecule has 4 nitrogen and oxygen atoms in total. The van der Waals surface area contributed by atoms with Crippen molar-refractivity contribution in [1.29, 1.82) is 0 Å². The minimum Gasteiger partial charge on any atom is -0.458 e. The summed E-state index contributed by atoms with van der Waals surface area (Å²) in [5, 5.41) is 0.255. The van der Waals surface area contributed by atoms with Gasteiger partial charge in [0.2, 0.25) is 0 Å². The topological polar surface area (TPSA) is 52.1 Å². The van der Waals surface area contributed by atoms with Gasteiger partial charge in [0.15, 0.2) is 5.69 Å². The van der Waals surface area contributed by atoms with E-state index in [0.29, 0.717) is 0 Å². The maximum Gasteiger partial charge on any atom is 0.358 e. The second-order valence-corrected chi connectivity index (χ2v) is 3.24. The van der Waals surface area contributed by atoms with Gasteiger partial charge in [-0.05, 0) is 13.3 Å². The Morgan fingerprint density at radius 3 is 2.79 bits per heavy atom. The Labute approximate surface area is 87.3 Å². The first-order valence-corrected chi connectivity index (χ1v) is 4.69. The highest BCUT2D eigenvalue weighted by molar-refractivity contribution is 6.29. The van der Waals surface area contributed by atoms with Gasteiger partial charge in [0.05, 0.1) is 18.5 Å². The van der Waals surface area contributed by atoms with Crippen LogP contribution in [-0.4, -0.2) is 22.0 Å². The first kappa shape index (κ1) is 10.9. The molecule has 0 fully saturated rings. The fourth-order valence-electron chi connectivity index (χ4n) is 0.744. The van der Waals surface area contributed by atoms with Crippen molar-refractivity contribution in [1.82, 2.24) is 9.97 Å². The number of ether oxygens (including phenoxy) is 1. The quantitative estimate of drug-likeness (QED) is 0.723. The number of nitrogens with zero attached hydrogens (tertiary/aromatic N) is 2. The summed E-state index contributed by atoms with van der Waals surface area (Å²) in [5.41, 5.74) is 0.176. The molecule has 0 aromatic carbocycles. The standard InChI is InChI=1S/C9H11ClN2O2/c1-3-6(2)14-9(13)7-4-12-8(10)5-11-7/h4-6H,3H2,1-2H3. The molecular formula is C9H11ClN2O2. The van der Waals surface area contributed by atoms with Crippen LogP contribution in [0.25, 0.3) is 0 Å². The van der Waals surface area contributed by atoms with Crippen molar-refractivity contribution in [3.05, 3.63) is 23.2 Å². The predicted molar refractivity (Wildman–Crippen MR) is 52.2 cm³/mol. The zero-order valence-electron chi connectivity index (χ0n) is 8.03. The third-order valence-electron chi connectivity index (χ3n) is 1.71. The Morgan fingerprint density at radius 2 is 2.29 bits per heavy atom. The summed E-state index contributed by atoms with van der Waals surface area (Å²) in [7, 11) is 0. The lowest BCUT2D eigenvalue weighted by atomic mass is 10.3. The van der Waals surface area contributed by atoms with Gasteiger partial charge in [-0.3, -0.25) is 0 Å². The summed E-state index contributed by atoms with van der Waals surface area (Å²) in [4.78, 5) is 18.9. The van der Waals surface area contributed by atoms with Gasteiger partial charge in [-0.2, -0.15) is 0 Å². The van der Waals surface area contributed by atoms with E-state index in [1.165, 1.54) is 12.4 Å². The molecule has 0 amide bonds. The lowest BCUT2D eigenvalue weighted by Gasteiger charge is -2.09. The fourth-order valence-corrected chi connectivity index (χ4v) is 0.842. The van der Waals surface area contributed by atoms with Crippen molar-refractivity contribution in [3.63, 3.8) is 0 Å². The number of esters is 1. The molecule has 14 heavy (non-hydrogen) atoms. The van der Waals surface area contributed by atoms with E-state index < -0.39 is 5.97 Å². The van der Waals surface area contributed by atoms with Crippen molar-refractivity contribution in [2.45, 2.75) is 26.4 Å². The van der Waals surface area contributed by atoms with Gasteiger partial charge in [-0.15, -0.1) is 0 Å². The van der Waals surface area contributed by atoms with Gasteiger partial charge in [0, 0.05) is 0 Å². The van der Waals surface area contributed by atoms with Gasteiger partial charge >= 0.3 is 5.97 Å². The maximum atomic E-state index is 11.4. The molecule has 0 N–H and O–H groups in total. The Bertz CT molecular complexity index is 313. The fraction of sp³-hybridized carbons (Fsp3) is 0.444. The summed E-state index contributed by atoms with van der Waals surface area (Å²) in [6, 6.07) is 0. The Balaban J connectivity index is 2.65. The van der Waals surface area contributed by atoms with Crippen LogP contribution in [0.15, 0.2) is 12.4 Å². The van der Waals surface area contributed by atoms with E-state index >= 15 is 0 Å². The van der Waals surface area contributed by atoms with Crippen LogP contribution in [0.1, 0.15) is 30.8 Å². The second-order valence-electron chi connectivity index (χ2n) is 2.85. The minimum absolute atomic E-state index is 0.111. The molecule has 0 aliphatic heterocycles. The van der Waals surface area contributed by atoms with E-state index in [4.69, 9.17) is 16.3 Å². The van der Waals surface area contributed by atoms with Crippen molar-refractivity contribution >= 4 is 17.6 Å². The molecule has 1 heterocycles. The summed E-state index contributed by atoms with van der Waals surface area (Å²) in [6.07, 6.45) is 3.27. The van der Waals surface area contributed by atoms with E-state index in [-0.39, 0.29) is 17.0 Å². The van der Waals surface area contributed by atoms with E-state index in [0.717, 1.165) is 6.42 Å². The molecule has 0 spiro atoms. The minimum atomic E-state index is -0.469. The Morgan fingerprint density at radius 1 is 1.57 bits per heavy atom. The average molecular weight is 215 g/mol. The van der Waals surface area contributed by atoms with Crippen LogP contribution >= 0.6 is 11.6 Å². The van der Waals surface area contributed by atoms with Crippen LogP contribution in [0, 0.1) is 0 Å². The van der Waals surface area contributed by atoms with Gasteiger partial charge in [0.1, 0.15) is 5.15 Å².